The molecule has 1 fully saturated rings. The van der Waals surface area contributed by atoms with Crippen molar-refractivity contribution >= 4 is 23.7 Å². The molecule has 0 bridgehead atoms. The molecule has 0 aliphatic carbocycles. The van der Waals surface area contributed by atoms with Crippen LogP contribution in [0.3, 0.4) is 0 Å². The van der Waals surface area contributed by atoms with Crippen LogP contribution in [-0.4, -0.2) is 35.9 Å². The molecule has 0 N–H and O–H groups in total. The van der Waals surface area contributed by atoms with Crippen molar-refractivity contribution < 1.29 is 4.79 Å². The van der Waals surface area contributed by atoms with Gasteiger partial charge in [0.25, 0.3) is 0 Å². The Morgan fingerprint density at radius 1 is 1.60 bits per heavy atom. The molecule has 2 rings (SSSR count). The molecule has 0 aromatic carbocycles. The molecular weight excluding hydrogens is 208 g/mol. The number of hydrogen-bond acceptors (Lipinski definition) is 4. The second kappa shape index (κ2) is 4.66. The normalized spacial score (nSPS) is 20.6. The van der Waals surface area contributed by atoms with Gasteiger partial charge in [-0.2, -0.15) is 11.8 Å². The van der Waals surface area contributed by atoms with Gasteiger partial charge in [-0.05, 0) is 24.8 Å². The summed E-state index contributed by atoms with van der Waals surface area (Å²) in [5.74, 6) is 0. The molecule has 1 aliphatic heterocycles. The largest absolute Gasteiger partial charge is 0.369 e. The second-order valence-electron chi connectivity index (χ2n) is 3.65. The van der Waals surface area contributed by atoms with Gasteiger partial charge in [-0.1, -0.05) is 0 Å². The number of aromatic nitrogens is 1. The highest BCUT2D eigenvalue weighted by Crippen LogP contribution is 2.25. The maximum absolute atomic E-state index is 10.5. The Hall–Kier alpha value is -1.03. The first-order valence-corrected chi connectivity index (χ1v) is 6.31. The summed E-state index contributed by atoms with van der Waals surface area (Å²) in [6.07, 6.45) is 5.95. The molecule has 2 heterocycles. The highest BCUT2D eigenvalue weighted by atomic mass is 32.2. The zero-order chi connectivity index (χ0) is 10.7. The lowest BCUT2D eigenvalue weighted by Crippen LogP contribution is -2.20. The molecule has 1 aromatic heterocycles. The van der Waals surface area contributed by atoms with E-state index in [1.54, 1.807) is 12.3 Å². The van der Waals surface area contributed by atoms with Crippen LogP contribution < -0.4 is 4.90 Å². The lowest BCUT2D eigenvalue weighted by molar-refractivity contribution is 0.111. The number of aldehydes is 1. The van der Waals surface area contributed by atoms with Gasteiger partial charge >= 0.3 is 0 Å². The summed E-state index contributed by atoms with van der Waals surface area (Å²) < 4.78 is 0. The molecule has 1 aromatic rings. The van der Waals surface area contributed by atoms with Gasteiger partial charge in [0.2, 0.25) is 0 Å². The van der Waals surface area contributed by atoms with Crippen molar-refractivity contribution in [3.63, 3.8) is 0 Å². The van der Waals surface area contributed by atoms with E-state index in [0.717, 1.165) is 30.3 Å². The summed E-state index contributed by atoms with van der Waals surface area (Å²) in [4.78, 5) is 16.9. The first-order chi connectivity index (χ1) is 7.33. The zero-order valence-corrected chi connectivity index (χ0v) is 9.54. The quantitative estimate of drug-likeness (QED) is 0.731. The summed E-state index contributed by atoms with van der Waals surface area (Å²) in [6, 6.07) is 3.74. The first kappa shape index (κ1) is 10.5. The van der Waals surface area contributed by atoms with Gasteiger partial charge in [0.05, 0.1) is 11.9 Å². The standard InChI is InChI=1S/C11H14N2OS/c1-15-11-4-5-13(7-11)10-3-2-9(8-14)12-6-10/h2-3,6,8,11H,4-5,7H2,1H3. The van der Waals surface area contributed by atoms with E-state index in [2.05, 4.69) is 16.1 Å². The van der Waals surface area contributed by atoms with E-state index < -0.39 is 0 Å². The molecule has 3 nitrogen and oxygen atoms in total. The molecule has 80 valence electrons. The minimum atomic E-state index is 0.499. The Morgan fingerprint density at radius 3 is 3.00 bits per heavy atom. The minimum Gasteiger partial charge on any atom is -0.369 e. The van der Waals surface area contributed by atoms with E-state index in [1.807, 2.05) is 17.8 Å². The second-order valence-corrected chi connectivity index (χ2v) is 4.79. The highest BCUT2D eigenvalue weighted by molar-refractivity contribution is 7.99. The molecular formula is C11H14N2OS. The predicted octanol–water partition coefficient (Wildman–Crippen LogP) is 1.84. The van der Waals surface area contributed by atoms with Gasteiger partial charge in [-0.15, -0.1) is 0 Å². The molecule has 4 heteroatoms. The summed E-state index contributed by atoms with van der Waals surface area (Å²) in [6.45, 7) is 2.18. The van der Waals surface area contributed by atoms with E-state index >= 15 is 0 Å². The zero-order valence-electron chi connectivity index (χ0n) is 8.72. The van der Waals surface area contributed by atoms with Gasteiger partial charge < -0.3 is 4.90 Å². The van der Waals surface area contributed by atoms with Crippen LogP contribution in [0.2, 0.25) is 0 Å². The number of hydrogen-bond donors (Lipinski definition) is 0. The molecule has 1 atom stereocenters. The SMILES string of the molecule is CSC1CCN(c2ccc(C=O)nc2)C1. The van der Waals surface area contributed by atoms with Crippen LogP contribution in [0.25, 0.3) is 0 Å². The summed E-state index contributed by atoms with van der Waals surface area (Å²) >= 11 is 1.92. The number of carbonyl (C=O) groups is 1. The van der Waals surface area contributed by atoms with Crippen molar-refractivity contribution in [2.24, 2.45) is 0 Å². The topological polar surface area (TPSA) is 33.2 Å². The number of nitrogens with zero attached hydrogens (tertiary/aromatic N) is 2. The molecule has 0 saturated carbocycles. The van der Waals surface area contributed by atoms with E-state index in [4.69, 9.17) is 0 Å². The van der Waals surface area contributed by atoms with Crippen LogP contribution in [-0.2, 0) is 0 Å². The van der Waals surface area contributed by atoms with Crippen molar-refractivity contribution in [1.29, 1.82) is 0 Å². The summed E-state index contributed by atoms with van der Waals surface area (Å²) in [5.41, 5.74) is 1.62. The van der Waals surface area contributed by atoms with E-state index in [1.165, 1.54) is 6.42 Å². The highest BCUT2D eigenvalue weighted by Gasteiger charge is 2.21. The Kier molecular flexibility index (Phi) is 3.26. The van der Waals surface area contributed by atoms with Crippen molar-refractivity contribution in [3.05, 3.63) is 24.0 Å². The van der Waals surface area contributed by atoms with Gasteiger partial charge in [-0.3, -0.25) is 9.78 Å². The van der Waals surface area contributed by atoms with Crippen LogP contribution in [0, 0.1) is 0 Å². The van der Waals surface area contributed by atoms with Crippen LogP contribution in [0.1, 0.15) is 16.9 Å². The molecule has 1 aliphatic rings. The van der Waals surface area contributed by atoms with E-state index in [0.29, 0.717) is 5.69 Å². The molecule has 0 radical (unpaired) electrons. The third-order valence-corrected chi connectivity index (χ3v) is 3.79. The number of thioether (sulfide) groups is 1. The average molecular weight is 222 g/mol. The molecule has 0 amide bonds. The Morgan fingerprint density at radius 2 is 2.47 bits per heavy atom. The third-order valence-electron chi connectivity index (χ3n) is 2.73. The van der Waals surface area contributed by atoms with Crippen molar-refractivity contribution in [1.82, 2.24) is 4.98 Å². The molecule has 0 spiro atoms. The Balaban J connectivity index is 2.07. The van der Waals surface area contributed by atoms with Crippen LogP contribution in [0.15, 0.2) is 18.3 Å². The summed E-state index contributed by atoms with van der Waals surface area (Å²) in [5, 5.41) is 0.732. The number of rotatable bonds is 3. The van der Waals surface area contributed by atoms with Crippen LogP contribution in [0.4, 0.5) is 5.69 Å². The Bertz CT molecular complexity index is 339. The van der Waals surface area contributed by atoms with E-state index in [-0.39, 0.29) is 0 Å². The third kappa shape index (κ3) is 2.31. The maximum Gasteiger partial charge on any atom is 0.168 e. The average Bonchev–Trinajstić information content (AvgIpc) is 2.78. The molecule has 15 heavy (non-hydrogen) atoms. The van der Waals surface area contributed by atoms with Gasteiger partial charge in [0, 0.05) is 18.3 Å². The first-order valence-electron chi connectivity index (χ1n) is 5.02. The van der Waals surface area contributed by atoms with E-state index in [9.17, 15) is 4.79 Å². The Labute approximate surface area is 93.9 Å². The lowest BCUT2D eigenvalue weighted by atomic mass is 10.3. The fourth-order valence-corrected chi connectivity index (χ4v) is 2.48. The van der Waals surface area contributed by atoms with Crippen LogP contribution in [0.5, 0.6) is 0 Å². The minimum absolute atomic E-state index is 0.499. The lowest BCUT2D eigenvalue weighted by Gasteiger charge is -2.17. The van der Waals surface area contributed by atoms with Crippen molar-refractivity contribution in [3.8, 4) is 0 Å². The molecule has 1 saturated heterocycles. The van der Waals surface area contributed by atoms with Crippen molar-refractivity contribution in [2.45, 2.75) is 11.7 Å². The van der Waals surface area contributed by atoms with Gasteiger partial charge in [0.1, 0.15) is 5.69 Å². The van der Waals surface area contributed by atoms with Gasteiger partial charge in [-0.25, -0.2) is 0 Å². The fraction of sp³-hybridized carbons (Fsp3) is 0.455. The van der Waals surface area contributed by atoms with Crippen LogP contribution >= 0.6 is 11.8 Å². The number of pyridine rings is 1. The fourth-order valence-electron chi connectivity index (χ4n) is 1.81. The maximum atomic E-state index is 10.5. The number of anilines is 1. The predicted molar refractivity (Wildman–Crippen MR) is 63.8 cm³/mol. The summed E-state index contributed by atoms with van der Waals surface area (Å²) in [7, 11) is 0. The van der Waals surface area contributed by atoms with Gasteiger partial charge in [0.15, 0.2) is 6.29 Å². The smallest absolute Gasteiger partial charge is 0.168 e. The number of carbonyl (C=O) groups excluding carboxylic acids is 1. The van der Waals surface area contributed by atoms with Crippen molar-refractivity contribution in [2.75, 3.05) is 24.2 Å². The molecule has 1 unspecified atom stereocenters. The monoisotopic (exact) mass is 222 g/mol.